The Bertz CT molecular complexity index is 232. The Morgan fingerprint density at radius 3 is 3.00 bits per heavy atom. The van der Waals surface area contributed by atoms with E-state index in [1.54, 1.807) is 11.3 Å². The van der Waals surface area contributed by atoms with Crippen LogP contribution in [0.5, 0.6) is 0 Å². The van der Waals surface area contributed by atoms with Crippen LogP contribution in [0.15, 0.2) is 23.6 Å². The van der Waals surface area contributed by atoms with E-state index < -0.39 is 0 Å². The van der Waals surface area contributed by atoms with Crippen molar-refractivity contribution in [3.8, 4) is 0 Å². The third kappa shape index (κ3) is 2.42. The molecule has 0 spiro atoms. The second kappa shape index (κ2) is 3.64. The molecular formula is C8H8S2. The largest absolute Gasteiger partial charge is 0.144 e. The average molecular weight is 168 g/mol. The van der Waals surface area contributed by atoms with Crippen LogP contribution in [0, 0.1) is 0 Å². The number of thiophene rings is 1. The summed E-state index contributed by atoms with van der Waals surface area (Å²) in [7, 11) is 0. The molecule has 10 heavy (non-hydrogen) atoms. The van der Waals surface area contributed by atoms with Gasteiger partial charge in [-0.1, -0.05) is 18.3 Å². The predicted molar refractivity (Wildman–Crippen MR) is 51.6 cm³/mol. The molecule has 0 N–H and O–H groups in total. The maximum atomic E-state index is 4.89. The van der Waals surface area contributed by atoms with Gasteiger partial charge in [-0.15, -0.1) is 11.3 Å². The lowest BCUT2D eigenvalue weighted by molar-refractivity contribution is 1.94. The van der Waals surface area contributed by atoms with Gasteiger partial charge >= 0.3 is 0 Å². The molecule has 0 saturated carbocycles. The fraction of sp³-hybridized carbons (Fsp3) is 0.125. The first-order valence-corrected chi connectivity index (χ1v) is 4.30. The molecule has 1 aromatic rings. The minimum Gasteiger partial charge on any atom is -0.144 e. The van der Waals surface area contributed by atoms with Gasteiger partial charge in [0.2, 0.25) is 0 Å². The summed E-state index contributed by atoms with van der Waals surface area (Å²) in [6.07, 6.45) is 3.98. The lowest BCUT2D eigenvalue weighted by atomic mass is 10.3. The first-order chi connectivity index (χ1) is 4.79. The summed E-state index contributed by atoms with van der Waals surface area (Å²) in [4.78, 5) is 2.18. The number of rotatable bonds is 2. The van der Waals surface area contributed by atoms with Gasteiger partial charge in [0.1, 0.15) is 0 Å². The molecule has 0 fully saturated rings. The lowest BCUT2D eigenvalue weighted by Gasteiger charge is -1.81. The van der Waals surface area contributed by atoms with Crippen LogP contribution in [-0.2, 0) is 0 Å². The van der Waals surface area contributed by atoms with Crippen LogP contribution in [0.3, 0.4) is 0 Å². The van der Waals surface area contributed by atoms with Crippen molar-refractivity contribution in [2.75, 3.05) is 0 Å². The second-order valence-electron chi connectivity index (χ2n) is 1.96. The van der Waals surface area contributed by atoms with E-state index in [9.17, 15) is 0 Å². The molecular weight excluding hydrogens is 160 g/mol. The molecule has 0 aromatic carbocycles. The van der Waals surface area contributed by atoms with Gasteiger partial charge in [-0.05, 0) is 30.5 Å². The normalized spacial score (nSPS) is 10.5. The van der Waals surface area contributed by atoms with E-state index in [-0.39, 0.29) is 0 Å². The quantitative estimate of drug-likeness (QED) is 0.483. The van der Waals surface area contributed by atoms with Crippen molar-refractivity contribution in [2.24, 2.45) is 0 Å². The molecule has 0 aliphatic carbocycles. The SMILES string of the molecule is CC(=S)/C=C/c1cccs1. The Morgan fingerprint density at radius 2 is 2.50 bits per heavy atom. The highest BCUT2D eigenvalue weighted by atomic mass is 32.1. The van der Waals surface area contributed by atoms with Crippen molar-refractivity contribution in [3.05, 3.63) is 28.5 Å². The Hall–Kier alpha value is -0.470. The molecule has 52 valence electrons. The summed E-state index contributed by atoms with van der Waals surface area (Å²) in [5, 5.41) is 2.05. The van der Waals surface area contributed by atoms with Gasteiger partial charge in [0.15, 0.2) is 0 Å². The Balaban J connectivity index is 2.64. The van der Waals surface area contributed by atoms with Crippen LogP contribution in [0.2, 0.25) is 0 Å². The molecule has 0 unspecified atom stereocenters. The van der Waals surface area contributed by atoms with Gasteiger partial charge in [-0.3, -0.25) is 0 Å². The smallest absolute Gasteiger partial charge is 0.0270 e. The van der Waals surface area contributed by atoms with Crippen molar-refractivity contribution in [1.29, 1.82) is 0 Å². The molecule has 1 rings (SSSR count). The van der Waals surface area contributed by atoms with Crippen molar-refractivity contribution >= 4 is 34.5 Å². The Kier molecular flexibility index (Phi) is 2.78. The molecule has 0 bridgehead atoms. The van der Waals surface area contributed by atoms with E-state index in [1.165, 1.54) is 4.88 Å². The van der Waals surface area contributed by atoms with Crippen LogP contribution in [0.4, 0.5) is 0 Å². The number of hydrogen-bond acceptors (Lipinski definition) is 2. The lowest BCUT2D eigenvalue weighted by Crippen LogP contribution is -1.72. The number of thiocarbonyl (C=S) groups is 1. The third-order valence-corrected chi connectivity index (χ3v) is 2.00. The summed E-state index contributed by atoms with van der Waals surface area (Å²) in [6.45, 7) is 1.92. The molecule has 0 amide bonds. The van der Waals surface area contributed by atoms with Gasteiger partial charge in [0, 0.05) is 9.74 Å². The first kappa shape index (κ1) is 7.63. The Labute approximate surface area is 70.2 Å². The summed E-state index contributed by atoms with van der Waals surface area (Å²) >= 11 is 6.60. The molecule has 0 aliphatic rings. The molecule has 0 saturated heterocycles. The highest BCUT2D eigenvalue weighted by molar-refractivity contribution is 7.80. The number of allylic oxidation sites excluding steroid dienone is 1. The molecule has 1 heterocycles. The monoisotopic (exact) mass is 168 g/mol. The zero-order chi connectivity index (χ0) is 7.40. The van der Waals surface area contributed by atoms with Gasteiger partial charge in [-0.25, -0.2) is 0 Å². The van der Waals surface area contributed by atoms with Gasteiger partial charge in [-0.2, -0.15) is 0 Å². The van der Waals surface area contributed by atoms with E-state index in [1.807, 2.05) is 25.1 Å². The van der Waals surface area contributed by atoms with Crippen molar-refractivity contribution in [3.63, 3.8) is 0 Å². The molecule has 1 aromatic heterocycles. The summed E-state index contributed by atoms with van der Waals surface area (Å²) < 4.78 is 0. The minimum atomic E-state index is 0.924. The maximum absolute atomic E-state index is 4.89. The molecule has 0 atom stereocenters. The maximum Gasteiger partial charge on any atom is 0.0270 e. The van der Waals surface area contributed by atoms with E-state index >= 15 is 0 Å². The standard InChI is InChI=1S/C8H8S2/c1-7(9)4-5-8-3-2-6-10-8/h2-6H,1H3/b5-4+. The molecule has 0 nitrogen and oxygen atoms in total. The number of hydrogen-bond donors (Lipinski definition) is 0. The van der Waals surface area contributed by atoms with Crippen LogP contribution in [-0.4, -0.2) is 4.86 Å². The first-order valence-electron chi connectivity index (χ1n) is 3.01. The van der Waals surface area contributed by atoms with E-state index in [4.69, 9.17) is 12.2 Å². The fourth-order valence-corrected chi connectivity index (χ4v) is 1.27. The highest BCUT2D eigenvalue weighted by Gasteiger charge is 1.83. The second-order valence-corrected chi connectivity index (χ2v) is 3.58. The van der Waals surface area contributed by atoms with E-state index in [0.717, 1.165) is 4.86 Å². The Morgan fingerprint density at radius 1 is 1.70 bits per heavy atom. The molecule has 0 radical (unpaired) electrons. The van der Waals surface area contributed by atoms with Gasteiger partial charge < -0.3 is 0 Å². The topological polar surface area (TPSA) is 0 Å². The summed E-state index contributed by atoms with van der Waals surface area (Å²) in [6, 6.07) is 4.10. The van der Waals surface area contributed by atoms with Crippen molar-refractivity contribution < 1.29 is 0 Å². The van der Waals surface area contributed by atoms with Crippen LogP contribution in [0.1, 0.15) is 11.8 Å². The predicted octanol–water partition coefficient (Wildman–Crippen LogP) is 3.15. The fourth-order valence-electron chi connectivity index (χ4n) is 0.586. The van der Waals surface area contributed by atoms with E-state index in [0.29, 0.717) is 0 Å². The summed E-state index contributed by atoms with van der Waals surface area (Å²) in [5.74, 6) is 0. The third-order valence-electron chi connectivity index (χ3n) is 1.03. The van der Waals surface area contributed by atoms with Gasteiger partial charge in [0.05, 0.1) is 0 Å². The van der Waals surface area contributed by atoms with Crippen LogP contribution < -0.4 is 0 Å². The van der Waals surface area contributed by atoms with Crippen LogP contribution in [0.25, 0.3) is 6.08 Å². The average Bonchev–Trinajstić information content (AvgIpc) is 2.34. The molecule has 2 heteroatoms. The zero-order valence-electron chi connectivity index (χ0n) is 5.70. The zero-order valence-corrected chi connectivity index (χ0v) is 7.34. The van der Waals surface area contributed by atoms with Crippen molar-refractivity contribution in [1.82, 2.24) is 0 Å². The van der Waals surface area contributed by atoms with Gasteiger partial charge in [0.25, 0.3) is 0 Å². The summed E-state index contributed by atoms with van der Waals surface area (Å²) in [5.41, 5.74) is 0. The minimum absolute atomic E-state index is 0.924. The van der Waals surface area contributed by atoms with Crippen LogP contribution >= 0.6 is 23.6 Å². The van der Waals surface area contributed by atoms with E-state index in [2.05, 4.69) is 11.4 Å². The highest BCUT2D eigenvalue weighted by Crippen LogP contribution is 2.09. The molecule has 0 aliphatic heterocycles. The van der Waals surface area contributed by atoms with Crippen molar-refractivity contribution in [2.45, 2.75) is 6.92 Å².